The molecule has 2 aromatic carbocycles. The van der Waals surface area contributed by atoms with Crippen molar-refractivity contribution < 1.29 is 23.7 Å². The second-order valence-electron chi connectivity index (χ2n) is 5.80. The number of ether oxygens (including phenoxy) is 4. The van der Waals surface area contributed by atoms with E-state index >= 15 is 0 Å². The van der Waals surface area contributed by atoms with Gasteiger partial charge in [0.25, 0.3) is 5.91 Å². The van der Waals surface area contributed by atoms with E-state index in [9.17, 15) is 4.79 Å². The fourth-order valence-electron chi connectivity index (χ4n) is 2.41. The first-order valence-electron chi connectivity index (χ1n) is 7.83. The van der Waals surface area contributed by atoms with Crippen LogP contribution in [0.3, 0.4) is 0 Å². The van der Waals surface area contributed by atoms with E-state index in [4.69, 9.17) is 42.1 Å². The molecule has 138 valence electrons. The smallest absolute Gasteiger partial charge is 0.255 e. The molecule has 0 radical (unpaired) electrons. The van der Waals surface area contributed by atoms with Crippen molar-refractivity contribution in [1.29, 1.82) is 0 Å². The zero-order valence-electron chi connectivity index (χ0n) is 14.4. The summed E-state index contributed by atoms with van der Waals surface area (Å²) >= 11 is 12.5. The summed E-state index contributed by atoms with van der Waals surface area (Å²) in [6, 6.07) is 6.27. The summed E-state index contributed by atoms with van der Waals surface area (Å²) in [4.78, 5) is 12.6. The van der Waals surface area contributed by atoms with E-state index in [0.717, 1.165) is 0 Å². The van der Waals surface area contributed by atoms with Crippen LogP contribution in [0.2, 0.25) is 10.0 Å². The Kier molecular flexibility index (Phi) is 5.34. The summed E-state index contributed by atoms with van der Waals surface area (Å²) in [7, 11) is 1.48. The van der Waals surface area contributed by atoms with E-state index in [2.05, 4.69) is 5.32 Å². The third-order valence-electron chi connectivity index (χ3n) is 3.56. The monoisotopic (exact) mass is 397 g/mol. The molecule has 0 unspecified atom stereocenters. The molecule has 0 fully saturated rings. The summed E-state index contributed by atoms with van der Waals surface area (Å²) in [5, 5.41) is 3.35. The Hall–Kier alpha value is -2.31. The van der Waals surface area contributed by atoms with Crippen molar-refractivity contribution in [2.24, 2.45) is 0 Å². The van der Waals surface area contributed by atoms with E-state index < -0.39 is 5.91 Å². The second-order valence-corrected chi connectivity index (χ2v) is 6.61. The number of nitrogens with one attached hydrogen (secondary N) is 1. The normalized spacial score (nSPS) is 12.2. The Morgan fingerprint density at radius 1 is 1.12 bits per heavy atom. The van der Waals surface area contributed by atoms with Crippen LogP contribution in [0, 0.1) is 0 Å². The van der Waals surface area contributed by atoms with Gasteiger partial charge in [-0.15, -0.1) is 0 Å². The average Bonchev–Trinajstić information content (AvgIpc) is 3.03. The van der Waals surface area contributed by atoms with Gasteiger partial charge in [-0.3, -0.25) is 4.79 Å². The molecule has 1 heterocycles. The second kappa shape index (κ2) is 7.51. The Balaban J connectivity index is 1.87. The molecule has 0 spiro atoms. The van der Waals surface area contributed by atoms with Crippen molar-refractivity contribution in [3.05, 3.63) is 39.9 Å². The predicted molar refractivity (Wildman–Crippen MR) is 99.3 cm³/mol. The van der Waals surface area contributed by atoms with Crippen molar-refractivity contribution in [2.45, 2.75) is 20.0 Å². The van der Waals surface area contributed by atoms with Gasteiger partial charge in [0.05, 0.1) is 28.9 Å². The van der Waals surface area contributed by atoms with Gasteiger partial charge in [-0.1, -0.05) is 23.2 Å². The SMILES string of the molecule is COc1cc(C(=O)Nc2cc3c(cc2Cl)OCO3)cc(Cl)c1OC(C)C. The molecule has 0 aliphatic carbocycles. The fraction of sp³-hybridized carbons (Fsp3) is 0.278. The van der Waals surface area contributed by atoms with Crippen LogP contribution in [0.1, 0.15) is 24.2 Å². The third kappa shape index (κ3) is 3.76. The highest BCUT2D eigenvalue weighted by atomic mass is 35.5. The maximum Gasteiger partial charge on any atom is 0.255 e. The van der Waals surface area contributed by atoms with Crippen LogP contribution in [0.25, 0.3) is 0 Å². The number of benzene rings is 2. The molecule has 8 heteroatoms. The number of carbonyl (C=O) groups excluding carboxylic acids is 1. The third-order valence-corrected chi connectivity index (χ3v) is 4.15. The lowest BCUT2D eigenvalue weighted by Gasteiger charge is -2.16. The van der Waals surface area contributed by atoms with Crippen molar-refractivity contribution in [1.82, 2.24) is 0 Å². The molecule has 26 heavy (non-hydrogen) atoms. The minimum absolute atomic E-state index is 0.0893. The molecule has 3 rings (SSSR count). The lowest BCUT2D eigenvalue weighted by molar-refractivity contribution is 0.102. The van der Waals surface area contributed by atoms with Crippen molar-refractivity contribution in [3.63, 3.8) is 0 Å². The zero-order valence-corrected chi connectivity index (χ0v) is 15.9. The molecule has 1 N–H and O–H groups in total. The zero-order chi connectivity index (χ0) is 18.8. The first-order chi connectivity index (χ1) is 12.4. The lowest BCUT2D eigenvalue weighted by atomic mass is 10.1. The quantitative estimate of drug-likeness (QED) is 0.786. The maximum absolute atomic E-state index is 12.6. The molecule has 1 aliphatic heterocycles. The van der Waals surface area contributed by atoms with Gasteiger partial charge in [0.2, 0.25) is 6.79 Å². The van der Waals surface area contributed by atoms with E-state index in [0.29, 0.717) is 39.3 Å². The van der Waals surface area contributed by atoms with Crippen LogP contribution >= 0.6 is 23.2 Å². The highest BCUT2D eigenvalue weighted by molar-refractivity contribution is 6.34. The number of halogens is 2. The number of hydrogen-bond donors (Lipinski definition) is 1. The summed E-state index contributed by atoms with van der Waals surface area (Å²) in [6.07, 6.45) is -0.0893. The molecule has 0 aromatic heterocycles. The Morgan fingerprint density at radius 3 is 2.46 bits per heavy atom. The Morgan fingerprint density at radius 2 is 1.81 bits per heavy atom. The summed E-state index contributed by atoms with van der Waals surface area (Å²) in [6.45, 7) is 3.86. The molecular weight excluding hydrogens is 381 g/mol. The Labute approximate surface area is 160 Å². The highest BCUT2D eigenvalue weighted by Crippen LogP contribution is 2.40. The van der Waals surface area contributed by atoms with E-state index in [1.807, 2.05) is 13.8 Å². The van der Waals surface area contributed by atoms with Crippen LogP contribution in [-0.4, -0.2) is 25.9 Å². The minimum Gasteiger partial charge on any atom is -0.493 e. The van der Waals surface area contributed by atoms with Gasteiger partial charge in [0, 0.05) is 17.7 Å². The molecule has 0 atom stereocenters. The van der Waals surface area contributed by atoms with Crippen molar-refractivity contribution in [2.75, 3.05) is 19.2 Å². The van der Waals surface area contributed by atoms with Gasteiger partial charge in [0.15, 0.2) is 23.0 Å². The van der Waals surface area contributed by atoms with E-state index in [1.165, 1.54) is 13.2 Å². The molecule has 6 nitrogen and oxygen atoms in total. The average molecular weight is 398 g/mol. The van der Waals surface area contributed by atoms with Gasteiger partial charge < -0.3 is 24.3 Å². The van der Waals surface area contributed by atoms with Crippen LogP contribution in [0.4, 0.5) is 5.69 Å². The Bertz CT molecular complexity index is 854. The maximum atomic E-state index is 12.6. The van der Waals surface area contributed by atoms with E-state index in [1.54, 1.807) is 18.2 Å². The summed E-state index contributed by atoms with van der Waals surface area (Å²) in [5.74, 6) is 1.41. The highest BCUT2D eigenvalue weighted by Gasteiger charge is 2.20. The number of hydrogen-bond acceptors (Lipinski definition) is 5. The van der Waals surface area contributed by atoms with Crippen molar-refractivity contribution in [3.8, 4) is 23.0 Å². The van der Waals surface area contributed by atoms with Gasteiger partial charge >= 0.3 is 0 Å². The molecule has 2 aromatic rings. The summed E-state index contributed by atoms with van der Waals surface area (Å²) in [5.41, 5.74) is 0.704. The van der Waals surface area contributed by atoms with Crippen LogP contribution in [0.5, 0.6) is 23.0 Å². The van der Waals surface area contributed by atoms with Gasteiger partial charge in [-0.25, -0.2) is 0 Å². The van der Waals surface area contributed by atoms with E-state index in [-0.39, 0.29) is 17.9 Å². The lowest BCUT2D eigenvalue weighted by Crippen LogP contribution is -2.13. The van der Waals surface area contributed by atoms with Gasteiger partial charge in [-0.2, -0.15) is 0 Å². The van der Waals surface area contributed by atoms with Crippen LogP contribution < -0.4 is 24.3 Å². The van der Waals surface area contributed by atoms with Crippen molar-refractivity contribution >= 4 is 34.8 Å². The molecule has 0 bridgehead atoms. The molecule has 0 saturated carbocycles. The van der Waals surface area contributed by atoms with Crippen LogP contribution in [0.15, 0.2) is 24.3 Å². The molecule has 1 aliphatic rings. The number of anilines is 1. The first kappa shape index (κ1) is 18.5. The number of carbonyl (C=O) groups is 1. The molecular formula is C18H17Cl2NO5. The molecule has 0 saturated heterocycles. The number of rotatable bonds is 5. The number of fused-ring (bicyclic) bond motifs is 1. The largest absolute Gasteiger partial charge is 0.493 e. The predicted octanol–water partition coefficient (Wildman–Crippen LogP) is 4.77. The first-order valence-corrected chi connectivity index (χ1v) is 8.59. The summed E-state index contributed by atoms with van der Waals surface area (Å²) < 4.78 is 21.5. The number of amides is 1. The number of methoxy groups -OCH3 is 1. The fourth-order valence-corrected chi connectivity index (χ4v) is 2.86. The topological polar surface area (TPSA) is 66.0 Å². The van der Waals surface area contributed by atoms with Crippen LogP contribution in [-0.2, 0) is 0 Å². The molecule has 1 amide bonds. The minimum atomic E-state index is -0.401. The standard InChI is InChI=1S/C18H17Cl2NO5/c1-9(2)26-17-12(20)4-10(5-16(17)23-3)18(22)21-13-7-15-14(6-11(13)19)24-8-25-15/h4-7,9H,8H2,1-3H3,(H,21,22). The van der Waals surface area contributed by atoms with Gasteiger partial charge in [0.1, 0.15) is 0 Å². The van der Waals surface area contributed by atoms with Gasteiger partial charge in [-0.05, 0) is 26.0 Å².